The van der Waals surface area contributed by atoms with E-state index in [0.29, 0.717) is 0 Å². The van der Waals surface area contributed by atoms with Crippen LogP contribution in [0.1, 0.15) is 6.92 Å². The van der Waals surface area contributed by atoms with Crippen molar-refractivity contribution in [3.8, 4) is 0 Å². The van der Waals surface area contributed by atoms with Crippen LogP contribution in [-0.2, 0) is 0 Å². The lowest BCUT2D eigenvalue weighted by atomic mass is 10.0. The molecule has 0 aliphatic heterocycles. The van der Waals surface area contributed by atoms with Crippen molar-refractivity contribution in [3.63, 3.8) is 0 Å². The van der Waals surface area contributed by atoms with E-state index in [2.05, 4.69) is 0 Å². The summed E-state index contributed by atoms with van der Waals surface area (Å²) in [5.41, 5.74) is 0. The fourth-order valence-corrected chi connectivity index (χ4v) is 0.462. The highest BCUT2D eigenvalue weighted by Crippen LogP contribution is 2.35. The zero-order valence-electron chi connectivity index (χ0n) is 5.87. The van der Waals surface area contributed by atoms with E-state index in [-0.39, 0.29) is 6.92 Å². The third kappa shape index (κ3) is 2.88. The van der Waals surface area contributed by atoms with Crippen LogP contribution in [0.5, 0.6) is 0 Å². The van der Waals surface area contributed by atoms with Crippen LogP contribution in [0.25, 0.3) is 0 Å². The van der Waals surface area contributed by atoms with Gasteiger partial charge in [0.25, 0.3) is 0 Å². The smallest absolute Gasteiger partial charge is 0.383 e. The van der Waals surface area contributed by atoms with Crippen molar-refractivity contribution in [3.05, 3.63) is 0 Å². The zero-order valence-corrected chi connectivity index (χ0v) is 5.87. The van der Waals surface area contributed by atoms with Crippen molar-refractivity contribution in [2.24, 2.45) is 5.92 Å². The van der Waals surface area contributed by atoms with Gasteiger partial charge in [0, 0.05) is 0 Å². The molecule has 1 nitrogen and oxygen atoms in total. The third-order valence-corrected chi connectivity index (χ3v) is 1.33. The zero-order chi connectivity index (χ0) is 10.2. The molecule has 0 aromatic carbocycles. The van der Waals surface area contributed by atoms with E-state index in [1.807, 2.05) is 0 Å². The Morgan fingerprint density at radius 1 is 0.917 bits per heavy atom. The SMILES string of the molecule is CC(C(O)C(F)(F)F)C(F)(F)F. The van der Waals surface area contributed by atoms with E-state index in [0.717, 1.165) is 0 Å². The molecule has 0 radical (unpaired) electrons. The Balaban J connectivity index is 4.41. The molecule has 0 spiro atoms. The molecule has 2 atom stereocenters. The van der Waals surface area contributed by atoms with Crippen LogP contribution in [0, 0.1) is 5.92 Å². The van der Waals surface area contributed by atoms with E-state index in [1.54, 1.807) is 0 Å². The van der Waals surface area contributed by atoms with Gasteiger partial charge in [-0.2, -0.15) is 26.3 Å². The molecule has 1 N–H and O–H groups in total. The molecule has 0 aliphatic rings. The van der Waals surface area contributed by atoms with Gasteiger partial charge in [-0.15, -0.1) is 0 Å². The van der Waals surface area contributed by atoms with Gasteiger partial charge in [-0.3, -0.25) is 0 Å². The molecule has 0 aliphatic carbocycles. The summed E-state index contributed by atoms with van der Waals surface area (Å²) < 4.78 is 69.1. The van der Waals surface area contributed by atoms with Gasteiger partial charge in [-0.1, -0.05) is 6.92 Å². The fourth-order valence-electron chi connectivity index (χ4n) is 0.462. The Morgan fingerprint density at radius 2 is 1.25 bits per heavy atom. The second-order valence-corrected chi connectivity index (χ2v) is 2.32. The van der Waals surface area contributed by atoms with Crippen molar-refractivity contribution in [2.75, 3.05) is 0 Å². The Kier molecular flexibility index (Phi) is 3.00. The molecular formula is C5H6F6O. The van der Waals surface area contributed by atoms with Crippen LogP contribution in [-0.4, -0.2) is 23.6 Å². The standard InChI is InChI=1S/C5H6F6O/c1-2(4(6,7)8)3(12)5(9,10)11/h2-3,12H,1H3. The van der Waals surface area contributed by atoms with Crippen LogP contribution < -0.4 is 0 Å². The Morgan fingerprint density at radius 3 is 1.33 bits per heavy atom. The minimum Gasteiger partial charge on any atom is -0.383 e. The van der Waals surface area contributed by atoms with Crippen LogP contribution in [0.15, 0.2) is 0 Å². The lowest BCUT2D eigenvalue weighted by molar-refractivity contribution is -0.270. The molecule has 7 heteroatoms. The highest BCUT2D eigenvalue weighted by molar-refractivity contribution is 4.77. The van der Waals surface area contributed by atoms with Gasteiger partial charge in [-0.05, 0) is 0 Å². The van der Waals surface area contributed by atoms with Crippen molar-refractivity contribution >= 4 is 0 Å². The van der Waals surface area contributed by atoms with Gasteiger partial charge >= 0.3 is 12.4 Å². The van der Waals surface area contributed by atoms with Crippen molar-refractivity contribution in [2.45, 2.75) is 25.4 Å². The minimum atomic E-state index is -5.23. The number of aliphatic hydroxyl groups excluding tert-OH is 1. The molecule has 0 fully saturated rings. The lowest BCUT2D eigenvalue weighted by Crippen LogP contribution is -2.41. The quantitative estimate of drug-likeness (QED) is 0.636. The molecule has 0 saturated carbocycles. The van der Waals surface area contributed by atoms with E-state index >= 15 is 0 Å². The molecule has 12 heavy (non-hydrogen) atoms. The van der Waals surface area contributed by atoms with Gasteiger partial charge in [-0.25, -0.2) is 0 Å². The Bertz CT molecular complexity index is 129. The predicted molar refractivity (Wildman–Crippen MR) is 27.3 cm³/mol. The molecule has 0 aromatic heterocycles. The molecule has 0 rings (SSSR count). The number of halogens is 6. The summed E-state index contributed by atoms with van der Waals surface area (Å²) in [5.74, 6) is -2.79. The fraction of sp³-hybridized carbons (Fsp3) is 1.00. The maximum Gasteiger partial charge on any atom is 0.414 e. The average Bonchev–Trinajstić information content (AvgIpc) is 1.80. The largest absolute Gasteiger partial charge is 0.414 e. The van der Waals surface area contributed by atoms with Crippen LogP contribution in [0.2, 0.25) is 0 Å². The summed E-state index contributed by atoms with van der Waals surface area (Å²) >= 11 is 0. The second kappa shape index (κ2) is 3.12. The van der Waals surface area contributed by atoms with E-state index in [4.69, 9.17) is 5.11 Å². The monoisotopic (exact) mass is 196 g/mol. The van der Waals surface area contributed by atoms with Gasteiger partial charge in [0.1, 0.15) is 0 Å². The minimum absolute atomic E-state index is 0.276. The maximum atomic E-state index is 11.6. The number of hydrogen-bond donors (Lipinski definition) is 1. The lowest BCUT2D eigenvalue weighted by Gasteiger charge is -2.23. The van der Waals surface area contributed by atoms with E-state index < -0.39 is 24.4 Å². The first-order chi connectivity index (χ1) is 5.07. The van der Waals surface area contributed by atoms with Gasteiger partial charge in [0.05, 0.1) is 5.92 Å². The number of alkyl halides is 6. The summed E-state index contributed by atoms with van der Waals surface area (Å²) in [5, 5.41) is 8.14. The molecule has 0 saturated heterocycles. The van der Waals surface area contributed by atoms with Gasteiger partial charge < -0.3 is 5.11 Å². The molecule has 0 aromatic rings. The van der Waals surface area contributed by atoms with E-state index in [9.17, 15) is 26.3 Å². The van der Waals surface area contributed by atoms with Crippen molar-refractivity contribution < 1.29 is 31.4 Å². The maximum absolute atomic E-state index is 11.6. The van der Waals surface area contributed by atoms with Crippen LogP contribution in [0.4, 0.5) is 26.3 Å². The van der Waals surface area contributed by atoms with Crippen LogP contribution in [0.3, 0.4) is 0 Å². The second-order valence-electron chi connectivity index (χ2n) is 2.32. The molecule has 0 heterocycles. The molecule has 0 bridgehead atoms. The normalized spacial score (nSPS) is 19.0. The van der Waals surface area contributed by atoms with E-state index in [1.165, 1.54) is 0 Å². The number of rotatable bonds is 1. The molecular weight excluding hydrogens is 190 g/mol. The van der Waals surface area contributed by atoms with Crippen LogP contribution >= 0.6 is 0 Å². The average molecular weight is 196 g/mol. The van der Waals surface area contributed by atoms with Gasteiger partial charge in [0.2, 0.25) is 0 Å². The number of hydrogen-bond acceptors (Lipinski definition) is 1. The Hall–Kier alpha value is -0.460. The molecule has 74 valence electrons. The van der Waals surface area contributed by atoms with Gasteiger partial charge in [0.15, 0.2) is 6.10 Å². The summed E-state index contributed by atoms with van der Waals surface area (Å²) in [6, 6.07) is 0. The first-order valence-electron chi connectivity index (χ1n) is 2.88. The highest BCUT2D eigenvalue weighted by atomic mass is 19.4. The van der Waals surface area contributed by atoms with Crippen molar-refractivity contribution in [1.82, 2.24) is 0 Å². The number of aliphatic hydroxyl groups is 1. The molecule has 0 amide bonds. The predicted octanol–water partition coefficient (Wildman–Crippen LogP) is 2.11. The summed E-state index contributed by atoms with van der Waals surface area (Å²) in [6.45, 7) is 0.276. The molecule has 2 unspecified atom stereocenters. The highest BCUT2D eigenvalue weighted by Gasteiger charge is 2.51. The first kappa shape index (κ1) is 11.5. The Labute approximate surface area is 64.0 Å². The topological polar surface area (TPSA) is 20.2 Å². The first-order valence-corrected chi connectivity index (χ1v) is 2.88. The summed E-state index contributed by atoms with van der Waals surface area (Å²) in [6.07, 6.45) is -13.6. The summed E-state index contributed by atoms with van der Waals surface area (Å²) in [4.78, 5) is 0. The third-order valence-electron chi connectivity index (χ3n) is 1.33. The van der Waals surface area contributed by atoms with Crippen molar-refractivity contribution in [1.29, 1.82) is 0 Å². The summed E-state index contributed by atoms with van der Waals surface area (Å²) in [7, 11) is 0.